The van der Waals surface area contributed by atoms with Crippen LogP contribution in [0.1, 0.15) is 27.6 Å². The molecule has 11 heteroatoms. The molecule has 0 aliphatic carbocycles. The van der Waals surface area contributed by atoms with Gasteiger partial charge in [-0.2, -0.15) is 0 Å². The third kappa shape index (κ3) is 2.60. The maximum atomic E-state index is 12.7. The average Bonchev–Trinajstić information content (AvgIpc) is 3.19. The van der Waals surface area contributed by atoms with Crippen molar-refractivity contribution in [3.05, 3.63) is 39.7 Å². The van der Waals surface area contributed by atoms with Crippen molar-refractivity contribution in [2.45, 2.75) is 6.92 Å². The molecule has 4 N–H and O–H groups in total. The standard InChI is InChI=1S/C17H14N4O7/c1-2-26-17(25)19-8-4-10-11(28-6-27-10)5-9(8)21-12(22)3-7-13(14(21)18)16(24)20-15(7)23/h3-5H,2,6,18H2,1H3,(H,19,25)(H,20,23,24). The number of carbonyl (C=O) groups excluding carboxylic acids is 3. The van der Waals surface area contributed by atoms with Crippen LogP contribution in [0.25, 0.3) is 5.69 Å². The molecule has 1 aromatic heterocycles. The Morgan fingerprint density at radius 3 is 2.64 bits per heavy atom. The molecule has 0 fully saturated rings. The van der Waals surface area contributed by atoms with Crippen LogP contribution in [0.3, 0.4) is 0 Å². The van der Waals surface area contributed by atoms with Gasteiger partial charge in [-0.05, 0) is 6.92 Å². The Balaban J connectivity index is 1.93. The summed E-state index contributed by atoms with van der Waals surface area (Å²) >= 11 is 0. The summed E-state index contributed by atoms with van der Waals surface area (Å²) in [6.07, 6.45) is -0.761. The Kier molecular flexibility index (Phi) is 3.91. The molecule has 2 aliphatic rings. The number of nitrogen functional groups attached to an aromatic ring is 1. The van der Waals surface area contributed by atoms with Gasteiger partial charge in [-0.15, -0.1) is 0 Å². The molecule has 0 spiro atoms. The van der Waals surface area contributed by atoms with Gasteiger partial charge in [0.2, 0.25) is 6.79 Å². The monoisotopic (exact) mass is 386 g/mol. The molecule has 144 valence electrons. The minimum atomic E-state index is -0.761. The maximum Gasteiger partial charge on any atom is 0.411 e. The number of carbonyl (C=O) groups is 3. The second-order valence-corrected chi connectivity index (χ2v) is 5.84. The van der Waals surface area contributed by atoms with Crippen molar-refractivity contribution in [1.29, 1.82) is 0 Å². The predicted molar refractivity (Wildman–Crippen MR) is 95.0 cm³/mol. The van der Waals surface area contributed by atoms with E-state index in [1.54, 1.807) is 6.92 Å². The van der Waals surface area contributed by atoms with Crippen LogP contribution < -0.4 is 31.4 Å². The first-order chi connectivity index (χ1) is 13.4. The molecule has 11 nitrogen and oxygen atoms in total. The largest absolute Gasteiger partial charge is 0.454 e. The van der Waals surface area contributed by atoms with Crippen LogP contribution in [0.2, 0.25) is 0 Å². The second kappa shape index (κ2) is 6.30. The van der Waals surface area contributed by atoms with E-state index in [0.717, 1.165) is 10.6 Å². The highest BCUT2D eigenvalue weighted by Gasteiger charge is 2.32. The summed E-state index contributed by atoms with van der Waals surface area (Å²) in [6.45, 7) is 1.73. The van der Waals surface area contributed by atoms with Gasteiger partial charge in [0.05, 0.1) is 29.1 Å². The van der Waals surface area contributed by atoms with E-state index in [-0.39, 0.29) is 41.7 Å². The second-order valence-electron chi connectivity index (χ2n) is 5.84. The number of fused-ring (bicyclic) bond motifs is 2. The Morgan fingerprint density at radius 1 is 1.21 bits per heavy atom. The van der Waals surface area contributed by atoms with Gasteiger partial charge in [0.25, 0.3) is 17.4 Å². The molecule has 0 bridgehead atoms. The normalized spacial score (nSPS) is 13.9. The van der Waals surface area contributed by atoms with Crippen LogP contribution in [0.15, 0.2) is 23.0 Å². The molecule has 1 aromatic carbocycles. The minimum Gasteiger partial charge on any atom is -0.454 e. The van der Waals surface area contributed by atoms with Crippen LogP contribution in [-0.4, -0.2) is 35.9 Å². The van der Waals surface area contributed by atoms with Crippen molar-refractivity contribution in [2.75, 3.05) is 24.5 Å². The fraction of sp³-hybridized carbons (Fsp3) is 0.176. The molecule has 28 heavy (non-hydrogen) atoms. The molecule has 0 radical (unpaired) electrons. The van der Waals surface area contributed by atoms with Crippen LogP contribution in [0.5, 0.6) is 11.5 Å². The fourth-order valence-electron chi connectivity index (χ4n) is 3.02. The van der Waals surface area contributed by atoms with E-state index in [4.69, 9.17) is 19.9 Å². The van der Waals surface area contributed by atoms with E-state index in [1.807, 2.05) is 0 Å². The molecule has 0 unspecified atom stereocenters. The van der Waals surface area contributed by atoms with Crippen molar-refractivity contribution < 1.29 is 28.6 Å². The van der Waals surface area contributed by atoms with Gasteiger partial charge in [0, 0.05) is 18.2 Å². The summed E-state index contributed by atoms with van der Waals surface area (Å²) < 4.78 is 16.5. The fourth-order valence-corrected chi connectivity index (χ4v) is 3.02. The topological polar surface area (TPSA) is 151 Å². The molecule has 0 saturated carbocycles. The number of rotatable bonds is 3. The summed E-state index contributed by atoms with van der Waals surface area (Å²) in [7, 11) is 0. The van der Waals surface area contributed by atoms with Crippen molar-refractivity contribution in [2.24, 2.45) is 0 Å². The van der Waals surface area contributed by atoms with Crippen molar-refractivity contribution in [3.63, 3.8) is 0 Å². The highest BCUT2D eigenvalue weighted by atomic mass is 16.7. The lowest BCUT2D eigenvalue weighted by atomic mass is 10.1. The number of nitrogens with two attached hydrogens (primary N) is 1. The molecule has 2 aliphatic heterocycles. The Labute approximate surface area is 157 Å². The highest BCUT2D eigenvalue weighted by Crippen LogP contribution is 2.39. The Bertz CT molecular complexity index is 1110. The zero-order chi connectivity index (χ0) is 20.0. The summed E-state index contributed by atoms with van der Waals surface area (Å²) in [5.74, 6) is -1.01. The predicted octanol–water partition coefficient (Wildman–Crippen LogP) is 0.600. The number of hydrogen-bond donors (Lipinski definition) is 3. The smallest absolute Gasteiger partial charge is 0.411 e. The van der Waals surface area contributed by atoms with E-state index in [2.05, 4.69) is 10.6 Å². The molecular weight excluding hydrogens is 372 g/mol. The number of ether oxygens (including phenoxy) is 3. The van der Waals surface area contributed by atoms with Gasteiger partial charge < -0.3 is 19.9 Å². The SMILES string of the molecule is CCOC(=O)Nc1cc2c(cc1-n1c(N)c3c(cc1=O)C(=O)NC3=O)OCO2. The van der Waals surface area contributed by atoms with Crippen molar-refractivity contribution >= 4 is 29.4 Å². The van der Waals surface area contributed by atoms with Gasteiger partial charge >= 0.3 is 6.09 Å². The maximum absolute atomic E-state index is 12.7. The average molecular weight is 386 g/mol. The number of benzene rings is 1. The first-order valence-electron chi connectivity index (χ1n) is 8.19. The van der Waals surface area contributed by atoms with Crippen LogP contribution in [0.4, 0.5) is 16.3 Å². The molecule has 2 aromatic rings. The van der Waals surface area contributed by atoms with Crippen molar-refractivity contribution in [1.82, 2.24) is 9.88 Å². The molecule has 3 amide bonds. The van der Waals surface area contributed by atoms with Crippen molar-refractivity contribution in [3.8, 4) is 17.2 Å². The van der Waals surface area contributed by atoms with Gasteiger partial charge in [-0.25, -0.2) is 4.79 Å². The van der Waals surface area contributed by atoms with E-state index in [1.165, 1.54) is 12.1 Å². The molecular formula is C17H14N4O7. The number of nitrogens with one attached hydrogen (secondary N) is 2. The summed E-state index contributed by atoms with van der Waals surface area (Å²) in [4.78, 5) is 48.5. The lowest BCUT2D eigenvalue weighted by Crippen LogP contribution is -2.25. The lowest BCUT2D eigenvalue weighted by Gasteiger charge is -2.17. The van der Waals surface area contributed by atoms with Gasteiger partial charge in [-0.3, -0.25) is 29.6 Å². The number of nitrogens with zero attached hydrogens (tertiary/aromatic N) is 1. The van der Waals surface area contributed by atoms with Gasteiger partial charge in [-0.1, -0.05) is 0 Å². The third-order valence-corrected chi connectivity index (χ3v) is 4.20. The zero-order valence-corrected chi connectivity index (χ0v) is 14.5. The number of amides is 3. The van der Waals surface area contributed by atoms with Gasteiger partial charge in [0.15, 0.2) is 11.5 Å². The molecule has 3 heterocycles. The van der Waals surface area contributed by atoms with Crippen LogP contribution in [0, 0.1) is 0 Å². The quantitative estimate of drug-likeness (QED) is 0.649. The number of pyridine rings is 1. The summed E-state index contributed by atoms with van der Waals surface area (Å²) in [5, 5.41) is 4.59. The third-order valence-electron chi connectivity index (χ3n) is 4.20. The minimum absolute atomic E-state index is 0.0386. The zero-order valence-electron chi connectivity index (χ0n) is 14.5. The van der Waals surface area contributed by atoms with E-state index >= 15 is 0 Å². The molecule has 4 rings (SSSR count). The first kappa shape index (κ1) is 17.4. The number of aromatic nitrogens is 1. The van der Waals surface area contributed by atoms with E-state index in [0.29, 0.717) is 11.5 Å². The summed E-state index contributed by atoms with van der Waals surface area (Å²) in [6, 6.07) is 3.88. The lowest BCUT2D eigenvalue weighted by molar-refractivity contribution is 0.0879. The molecule has 0 atom stereocenters. The summed E-state index contributed by atoms with van der Waals surface area (Å²) in [5.41, 5.74) is 5.42. The number of anilines is 2. The molecule has 0 saturated heterocycles. The van der Waals surface area contributed by atoms with E-state index < -0.39 is 23.5 Å². The van der Waals surface area contributed by atoms with E-state index in [9.17, 15) is 19.2 Å². The van der Waals surface area contributed by atoms with Crippen LogP contribution in [-0.2, 0) is 4.74 Å². The number of imide groups is 1. The Morgan fingerprint density at radius 2 is 1.93 bits per heavy atom. The first-order valence-corrected chi connectivity index (χ1v) is 8.19. The number of hydrogen-bond acceptors (Lipinski definition) is 8. The van der Waals surface area contributed by atoms with Gasteiger partial charge in [0.1, 0.15) is 5.82 Å². The highest BCUT2D eigenvalue weighted by molar-refractivity contribution is 6.23. The Hall–Kier alpha value is -4.02. The van der Waals surface area contributed by atoms with Crippen LogP contribution >= 0.6 is 0 Å².